The summed E-state index contributed by atoms with van der Waals surface area (Å²) in [5.41, 5.74) is -1.24. The van der Waals surface area contributed by atoms with E-state index < -0.39 is 17.0 Å². The molecule has 4 saturated heterocycles. The van der Waals surface area contributed by atoms with Crippen LogP contribution in [0, 0.1) is 0 Å². The second-order valence-corrected chi connectivity index (χ2v) is 8.27. The van der Waals surface area contributed by atoms with Crippen LogP contribution < -0.4 is 0 Å². The van der Waals surface area contributed by atoms with E-state index in [2.05, 4.69) is 20.8 Å². The Hall–Kier alpha value is -0.650. The molecule has 0 aliphatic carbocycles. The van der Waals surface area contributed by atoms with Crippen molar-refractivity contribution in [3.8, 4) is 0 Å². The largest absolute Gasteiger partial charge is 0.459 e. The topological polar surface area (TPSA) is 54.0 Å². The molecule has 4 aliphatic heterocycles. The van der Waals surface area contributed by atoms with Gasteiger partial charge in [-0.2, -0.15) is 0 Å². The summed E-state index contributed by atoms with van der Waals surface area (Å²) in [6, 6.07) is 0. The van der Waals surface area contributed by atoms with Crippen molar-refractivity contribution in [2.24, 2.45) is 0 Å². The summed E-state index contributed by atoms with van der Waals surface area (Å²) < 4.78 is 24.9. The van der Waals surface area contributed by atoms with Crippen molar-refractivity contribution in [2.75, 3.05) is 0 Å². The van der Waals surface area contributed by atoms with Gasteiger partial charge in [0.15, 0.2) is 5.79 Å². The van der Waals surface area contributed by atoms with Crippen LogP contribution in [0.4, 0.5) is 0 Å². The van der Waals surface area contributed by atoms with Gasteiger partial charge in [0.25, 0.3) is 0 Å². The van der Waals surface area contributed by atoms with Gasteiger partial charge in [0.1, 0.15) is 17.3 Å². The highest BCUT2D eigenvalue weighted by molar-refractivity contribution is 5.71. The fraction of sp³-hybridized carbons (Fsp3) is 0.941. The Labute approximate surface area is 131 Å². The Kier molecular flexibility index (Phi) is 2.88. The normalized spacial score (nSPS) is 53.2. The third kappa shape index (κ3) is 1.85. The van der Waals surface area contributed by atoms with Gasteiger partial charge >= 0.3 is 5.97 Å². The fourth-order valence-electron chi connectivity index (χ4n) is 4.72. The van der Waals surface area contributed by atoms with Gasteiger partial charge in [0, 0.05) is 12.8 Å². The van der Waals surface area contributed by atoms with Crippen LogP contribution in [0.1, 0.15) is 66.2 Å². The molecule has 4 rings (SSSR count). The highest BCUT2D eigenvalue weighted by Crippen LogP contribution is 2.58. The van der Waals surface area contributed by atoms with Gasteiger partial charge in [-0.1, -0.05) is 0 Å². The lowest BCUT2D eigenvalue weighted by atomic mass is 9.88. The predicted molar refractivity (Wildman–Crippen MR) is 78.2 cm³/mol. The Morgan fingerprint density at radius 3 is 2.41 bits per heavy atom. The molecular formula is C17H26O5. The highest BCUT2D eigenvalue weighted by atomic mass is 16.8. The molecule has 5 atom stereocenters. The Bertz CT molecular complexity index is 517. The van der Waals surface area contributed by atoms with E-state index in [1.165, 1.54) is 0 Å². The van der Waals surface area contributed by atoms with Crippen LogP contribution in [0.15, 0.2) is 0 Å². The van der Waals surface area contributed by atoms with E-state index in [1.807, 2.05) is 6.92 Å². The molecule has 4 heterocycles. The van der Waals surface area contributed by atoms with Crippen LogP contribution >= 0.6 is 0 Å². The van der Waals surface area contributed by atoms with E-state index in [0.29, 0.717) is 6.42 Å². The number of ether oxygens (including phenoxy) is 4. The van der Waals surface area contributed by atoms with E-state index in [1.54, 1.807) is 0 Å². The predicted octanol–water partition coefficient (Wildman–Crippen LogP) is 2.70. The zero-order valence-electron chi connectivity index (χ0n) is 13.9. The maximum Gasteiger partial charge on any atom is 0.306 e. The van der Waals surface area contributed by atoms with Crippen LogP contribution in [0.5, 0.6) is 0 Å². The van der Waals surface area contributed by atoms with Crippen LogP contribution in [0.25, 0.3) is 0 Å². The molecule has 0 aromatic carbocycles. The molecule has 0 radical (unpaired) electrons. The minimum absolute atomic E-state index is 0.121. The maximum absolute atomic E-state index is 11.5. The number of hydrogen-bond donors (Lipinski definition) is 0. The number of carbonyl (C=O) groups excluding carboxylic acids is 1. The van der Waals surface area contributed by atoms with Gasteiger partial charge < -0.3 is 18.9 Å². The maximum atomic E-state index is 11.5. The number of cyclic esters (lactones) is 1. The lowest BCUT2D eigenvalue weighted by Gasteiger charge is -2.53. The molecule has 0 aromatic rings. The summed E-state index contributed by atoms with van der Waals surface area (Å²) in [6.07, 6.45) is 4.73. The van der Waals surface area contributed by atoms with E-state index >= 15 is 0 Å². The average Bonchev–Trinajstić information content (AvgIpc) is 3.08. The number of rotatable bonds is 1. The summed E-state index contributed by atoms with van der Waals surface area (Å²) in [5.74, 6) is -0.850. The molecule has 0 saturated carbocycles. The van der Waals surface area contributed by atoms with E-state index in [4.69, 9.17) is 18.9 Å². The zero-order chi connectivity index (χ0) is 15.8. The third-order valence-electron chi connectivity index (χ3n) is 6.21. The van der Waals surface area contributed by atoms with Gasteiger partial charge in [-0.25, -0.2) is 0 Å². The molecule has 0 aromatic heterocycles. The smallest absolute Gasteiger partial charge is 0.306 e. The quantitative estimate of drug-likeness (QED) is 0.697. The minimum atomic E-state index is -0.729. The van der Waals surface area contributed by atoms with Crippen molar-refractivity contribution >= 4 is 5.97 Å². The average molecular weight is 310 g/mol. The molecular weight excluding hydrogens is 284 g/mol. The summed E-state index contributed by atoms with van der Waals surface area (Å²) in [6.45, 7) is 8.32. The van der Waals surface area contributed by atoms with Crippen LogP contribution in [-0.2, 0) is 23.7 Å². The monoisotopic (exact) mass is 310 g/mol. The van der Waals surface area contributed by atoms with Gasteiger partial charge in [-0.05, 0) is 53.4 Å². The number of hydrogen-bond acceptors (Lipinski definition) is 5. The molecule has 4 aliphatic rings. The highest BCUT2D eigenvalue weighted by Gasteiger charge is 2.69. The minimum Gasteiger partial charge on any atom is -0.459 e. The van der Waals surface area contributed by atoms with Gasteiger partial charge in [-0.15, -0.1) is 0 Å². The first-order valence-electron chi connectivity index (χ1n) is 8.46. The fourth-order valence-corrected chi connectivity index (χ4v) is 4.72. The number of fused-ring (bicyclic) bond motifs is 3. The first kappa shape index (κ1) is 14.9. The van der Waals surface area contributed by atoms with Crippen molar-refractivity contribution in [3.63, 3.8) is 0 Å². The molecule has 22 heavy (non-hydrogen) atoms. The summed E-state index contributed by atoms with van der Waals surface area (Å²) in [5, 5.41) is 0. The van der Waals surface area contributed by atoms with E-state index in [9.17, 15) is 4.79 Å². The molecule has 0 N–H and O–H groups in total. The van der Waals surface area contributed by atoms with Gasteiger partial charge in [0.05, 0.1) is 11.7 Å². The molecule has 0 amide bonds. The Balaban J connectivity index is 1.64. The van der Waals surface area contributed by atoms with Crippen molar-refractivity contribution < 1.29 is 23.7 Å². The van der Waals surface area contributed by atoms with Crippen LogP contribution in [0.3, 0.4) is 0 Å². The second-order valence-electron chi connectivity index (χ2n) is 8.27. The molecule has 2 bridgehead atoms. The van der Waals surface area contributed by atoms with Crippen LogP contribution in [-0.4, -0.2) is 40.8 Å². The third-order valence-corrected chi connectivity index (χ3v) is 6.21. The lowest BCUT2D eigenvalue weighted by molar-refractivity contribution is -0.406. The van der Waals surface area contributed by atoms with Crippen LogP contribution in [0.2, 0.25) is 0 Å². The van der Waals surface area contributed by atoms with Crippen molar-refractivity contribution in [2.45, 2.75) is 101 Å². The van der Waals surface area contributed by atoms with Crippen molar-refractivity contribution in [1.82, 2.24) is 0 Å². The number of carbonyl (C=O) groups is 1. The zero-order valence-corrected chi connectivity index (χ0v) is 13.9. The number of esters is 1. The summed E-state index contributed by atoms with van der Waals surface area (Å²) in [7, 11) is 0. The first-order chi connectivity index (χ1) is 10.2. The lowest BCUT2D eigenvalue weighted by Crippen LogP contribution is -2.64. The van der Waals surface area contributed by atoms with Gasteiger partial charge in [-0.3, -0.25) is 4.79 Å². The Morgan fingerprint density at radius 1 is 0.955 bits per heavy atom. The van der Waals surface area contributed by atoms with Gasteiger partial charge in [0.2, 0.25) is 0 Å². The molecule has 4 fully saturated rings. The van der Waals surface area contributed by atoms with Crippen molar-refractivity contribution in [1.29, 1.82) is 0 Å². The summed E-state index contributed by atoms with van der Waals surface area (Å²) >= 11 is 0. The van der Waals surface area contributed by atoms with Crippen molar-refractivity contribution in [3.05, 3.63) is 0 Å². The Morgan fingerprint density at radius 2 is 1.73 bits per heavy atom. The molecule has 1 spiro atoms. The first-order valence-corrected chi connectivity index (χ1v) is 8.46. The second kappa shape index (κ2) is 4.25. The molecule has 5 nitrogen and oxygen atoms in total. The van der Waals surface area contributed by atoms with E-state index in [-0.39, 0.29) is 23.8 Å². The molecule has 5 heteroatoms. The molecule has 0 unspecified atom stereocenters. The SMILES string of the molecule is CC1(C)O[C@@]2(CC[C@@](C)([C@@H]3CCC(=O)O3)O2)[C@@]2(C)CC[C@@H]1O2. The molecule has 124 valence electrons. The standard InChI is InChI=1S/C17H26O5/c1-14(2)11-7-8-16(4,20-11)17(21-14)10-9-15(3,22-17)12-5-6-13(18)19-12/h11-12H,5-10H2,1-4H3/t11-,12-,15-,16+,17+/m0/s1. The van der Waals surface area contributed by atoms with E-state index in [0.717, 1.165) is 32.1 Å². The summed E-state index contributed by atoms with van der Waals surface area (Å²) in [4.78, 5) is 11.5.